The van der Waals surface area contributed by atoms with E-state index in [2.05, 4.69) is 15.5 Å². The van der Waals surface area contributed by atoms with Crippen molar-refractivity contribution in [1.29, 1.82) is 0 Å². The van der Waals surface area contributed by atoms with E-state index in [-0.39, 0.29) is 12.4 Å². The molecule has 23 heavy (non-hydrogen) atoms. The second-order valence-electron chi connectivity index (χ2n) is 4.25. The zero-order valence-electron chi connectivity index (χ0n) is 12.0. The minimum absolute atomic E-state index is 0.127. The first kappa shape index (κ1) is 18.0. The Kier molecular flexibility index (Phi) is 6.65. The van der Waals surface area contributed by atoms with Gasteiger partial charge in [-0.15, -0.1) is 11.3 Å². The number of nitrogens with zero attached hydrogens (tertiary/aromatic N) is 2. The van der Waals surface area contributed by atoms with E-state index in [9.17, 15) is 4.79 Å². The maximum Gasteiger partial charge on any atom is 0.311 e. The van der Waals surface area contributed by atoms with Gasteiger partial charge in [-0.25, -0.2) is 4.98 Å². The van der Waals surface area contributed by atoms with E-state index in [1.165, 1.54) is 17.6 Å². The lowest BCUT2D eigenvalue weighted by molar-refractivity contribution is -0.142. The van der Waals surface area contributed by atoms with Gasteiger partial charge in [0.25, 0.3) is 0 Å². The lowest BCUT2D eigenvalue weighted by Gasteiger charge is -2.03. The molecule has 0 unspecified atom stereocenters. The number of carbonyl (C=O) groups excluding carboxylic acids is 1. The summed E-state index contributed by atoms with van der Waals surface area (Å²) in [7, 11) is 0. The van der Waals surface area contributed by atoms with Crippen LogP contribution in [0, 0.1) is 0 Å². The van der Waals surface area contributed by atoms with E-state index in [0.717, 1.165) is 0 Å². The number of carbonyl (C=O) groups is 1. The van der Waals surface area contributed by atoms with Crippen molar-refractivity contribution in [2.45, 2.75) is 13.3 Å². The number of rotatable bonds is 6. The van der Waals surface area contributed by atoms with Gasteiger partial charge in [-0.05, 0) is 19.1 Å². The first-order valence-corrected chi connectivity index (χ1v) is 8.55. The highest BCUT2D eigenvalue weighted by Gasteiger charge is 2.09. The van der Waals surface area contributed by atoms with E-state index >= 15 is 0 Å². The largest absolute Gasteiger partial charge is 0.466 e. The number of esters is 1. The van der Waals surface area contributed by atoms with Crippen molar-refractivity contribution in [1.82, 2.24) is 4.98 Å². The molecule has 1 aromatic carbocycles. The van der Waals surface area contributed by atoms with Crippen LogP contribution in [-0.4, -0.2) is 23.8 Å². The van der Waals surface area contributed by atoms with Gasteiger partial charge >= 0.3 is 5.97 Å². The fraction of sp³-hybridized carbons (Fsp3) is 0.214. The molecule has 0 saturated heterocycles. The predicted octanol–water partition coefficient (Wildman–Crippen LogP) is 4.65. The molecule has 0 saturated carbocycles. The number of aromatic nitrogens is 1. The Morgan fingerprint density at radius 2 is 2.13 bits per heavy atom. The Morgan fingerprint density at radius 3 is 2.87 bits per heavy atom. The highest BCUT2D eigenvalue weighted by atomic mass is 35.5. The van der Waals surface area contributed by atoms with E-state index < -0.39 is 0 Å². The number of nitrogens with one attached hydrogen (secondary N) is 1. The monoisotopic (exact) mass is 391 g/mol. The van der Waals surface area contributed by atoms with Gasteiger partial charge in [0.05, 0.1) is 40.0 Å². The van der Waals surface area contributed by atoms with Crippen molar-refractivity contribution in [3.8, 4) is 0 Å². The molecule has 9 heteroatoms. The lowest BCUT2D eigenvalue weighted by atomic mass is 10.2. The fourth-order valence-electron chi connectivity index (χ4n) is 1.61. The molecule has 0 aliphatic heterocycles. The molecule has 1 heterocycles. The molecule has 0 amide bonds. The summed E-state index contributed by atoms with van der Waals surface area (Å²) < 4.78 is 4.87. The van der Waals surface area contributed by atoms with E-state index in [1.54, 1.807) is 24.4 Å². The molecule has 0 spiro atoms. The number of halogens is 3. The minimum atomic E-state index is -0.314. The molecule has 0 atom stereocenters. The molecule has 1 N–H and O–H groups in total. The maximum absolute atomic E-state index is 11.4. The molecule has 2 rings (SSSR count). The van der Waals surface area contributed by atoms with Crippen molar-refractivity contribution < 1.29 is 9.53 Å². The van der Waals surface area contributed by atoms with Crippen LogP contribution in [0.4, 0.5) is 5.13 Å². The minimum Gasteiger partial charge on any atom is -0.466 e. The van der Waals surface area contributed by atoms with Gasteiger partial charge in [0.1, 0.15) is 0 Å². The second kappa shape index (κ2) is 8.49. The third-order valence-corrected chi connectivity index (χ3v) is 4.56. The molecule has 0 aliphatic carbocycles. The van der Waals surface area contributed by atoms with Crippen molar-refractivity contribution in [3.63, 3.8) is 0 Å². The molecule has 1 aromatic heterocycles. The summed E-state index contributed by atoms with van der Waals surface area (Å²) in [5.74, 6) is -0.314. The van der Waals surface area contributed by atoms with Crippen molar-refractivity contribution >= 4 is 63.5 Å². The summed E-state index contributed by atoms with van der Waals surface area (Å²) in [6, 6.07) is 3.25. The summed E-state index contributed by atoms with van der Waals surface area (Å²) in [6.45, 7) is 2.10. The topological polar surface area (TPSA) is 63.6 Å². The lowest BCUT2D eigenvalue weighted by Crippen LogP contribution is -2.07. The summed E-state index contributed by atoms with van der Waals surface area (Å²) in [6.07, 6.45) is 1.59. The smallest absolute Gasteiger partial charge is 0.311 e. The number of ether oxygens (including phenoxy) is 1. The van der Waals surface area contributed by atoms with Gasteiger partial charge in [-0.3, -0.25) is 10.2 Å². The Labute approximate surface area is 152 Å². The molecule has 0 fully saturated rings. The average molecular weight is 393 g/mol. The van der Waals surface area contributed by atoms with Crippen LogP contribution in [0.3, 0.4) is 0 Å². The summed E-state index contributed by atoms with van der Waals surface area (Å²) >= 11 is 19.4. The fourth-order valence-corrected chi connectivity index (χ4v) is 2.90. The summed E-state index contributed by atoms with van der Waals surface area (Å²) in [5, 5.41) is 7.48. The second-order valence-corrected chi connectivity index (χ2v) is 6.30. The van der Waals surface area contributed by atoms with E-state index in [4.69, 9.17) is 39.5 Å². The summed E-state index contributed by atoms with van der Waals surface area (Å²) in [4.78, 5) is 15.6. The van der Waals surface area contributed by atoms with Crippen LogP contribution in [-0.2, 0) is 16.0 Å². The highest BCUT2D eigenvalue weighted by Crippen LogP contribution is 2.30. The maximum atomic E-state index is 11.4. The third kappa shape index (κ3) is 5.07. The van der Waals surface area contributed by atoms with Crippen LogP contribution in [0.25, 0.3) is 0 Å². The molecule has 5 nitrogen and oxygen atoms in total. The molecular weight excluding hydrogens is 381 g/mol. The number of benzene rings is 1. The molecular formula is C14H12Cl3N3O2S. The van der Waals surface area contributed by atoms with Gasteiger partial charge in [-0.2, -0.15) is 5.10 Å². The van der Waals surface area contributed by atoms with Gasteiger partial charge in [0, 0.05) is 10.9 Å². The zero-order valence-corrected chi connectivity index (χ0v) is 15.1. The van der Waals surface area contributed by atoms with Crippen LogP contribution < -0.4 is 5.43 Å². The van der Waals surface area contributed by atoms with Crippen LogP contribution >= 0.6 is 46.1 Å². The normalized spacial score (nSPS) is 11.0. The molecule has 2 aromatic rings. The zero-order chi connectivity index (χ0) is 16.8. The number of hydrogen-bond donors (Lipinski definition) is 1. The highest BCUT2D eigenvalue weighted by molar-refractivity contribution is 7.13. The number of anilines is 1. The van der Waals surface area contributed by atoms with E-state index in [0.29, 0.717) is 38.1 Å². The number of hydrogen-bond acceptors (Lipinski definition) is 6. The number of thiazole rings is 1. The average Bonchev–Trinajstić information content (AvgIpc) is 2.94. The Morgan fingerprint density at radius 1 is 1.39 bits per heavy atom. The van der Waals surface area contributed by atoms with Crippen molar-refractivity contribution in [2.24, 2.45) is 5.10 Å². The van der Waals surface area contributed by atoms with Crippen LogP contribution in [0.2, 0.25) is 15.1 Å². The van der Waals surface area contributed by atoms with Crippen molar-refractivity contribution in [2.75, 3.05) is 12.0 Å². The Bertz CT molecular complexity index is 734. The quantitative estimate of drug-likeness (QED) is 0.336. The molecule has 122 valence electrons. The van der Waals surface area contributed by atoms with Gasteiger partial charge in [0.2, 0.25) is 5.13 Å². The Balaban J connectivity index is 2.00. The van der Waals surface area contributed by atoms with Crippen LogP contribution in [0.15, 0.2) is 22.6 Å². The van der Waals surface area contributed by atoms with Crippen LogP contribution in [0.1, 0.15) is 18.2 Å². The number of hydrazone groups is 1. The van der Waals surface area contributed by atoms with Gasteiger partial charge in [0.15, 0.2) is 0 Å². The van der Waals surface area contributed by atoms with Crippen molar-refractivity contribution in [3.05, 3.63) is 43.8 Å². The standard InChI is InChI=1S/C14H12Cl3N3O2S/c1-2-22-12(21)5-8-7-23-14(19-8)20-18-6-9-10(15)3-4-11(16)13(9)17/h3-4,6-7H,2,5H2,1H3,(H,19,20)/b18-6+. The molecule has 0 bridgehead atoms. The van der Waals surface area contributed by atoms with Gasteiger partial charge < -0.3 is 4.74 Å². The first-order chi connectivity index (χ1) is 11.0. The predicted molar refractivity (Wildman–Crippen MR) is 95.1 cm³/mol. The summed E-state index contributed by atoms with van der Waals surface area (Å²) in [5.41, 5.74) is 3.88. The Hall–Kier alpha value is -1.34. The van der Waals surface area contributed by atoms with E-state index in [1.807, 2.05) is 0 Å². The van der Waals surface area contributed by atoms with Gasteiger partial charge in [-0.1, -0.05) is 34.8 Å². The first-order valence-electron chi connectivity index (χ1n) is 6.53. The molecule has 0 aliphatic rings. The molecule has 0 radical (unpaired) electrons. The SMILES string of the molecule is CCOC(=O)Cc1csc(N/N=C/c2c(Cl)ccc(Cl)c2Cl)n1. The van der Waals surface area contributed by atoms with Crippen LogP contribution in [0.5, 0.6) is 0 Å². The third-order valence-electron chi connectivity index (χ3n) is 2.62.